The molecule has 0 aliphatic rings. The molecule has 17 heavy (non-hydrogen) atoms. The maximum absolute atomic E-state index is 9.78. The first kappa shape index (κ1) is 10.2. The summed E-state index contributed by atoms with van der Waals surface area (Å²) in [5.41, 5.74) is 2.10. The molecule has 0 fully saturated rings. The molecule has 0 radical (unpaired) electrons. The van der Waals surface area contributed by atoms with Crippen LogP contribution in [0.4, 0.5) is 0 Å². The van der Waals surface area contributed by atoms with Crippen molar-refractivity contribution in [3.8, 4) is 11.4 Å². The molecular weight excluding hydrogens is 234 g/mol. The van der Waals surface area contributed by atoms with E-state index in [2.05, 4.69) is 22.8 Å². The van der Waals surface area contributed by atoms with Crippen LogP contribution in [-0.4, -0.2) is 20.1 Å². The number of phenolic OH excluding ortho intramolecular Hbond substituents is 1. The molecule has 0 bridgehead atoms. The van der Waals surface area contributed by atoms with E-state index in [1.807, 2.05) is 24.3 Å². The number of benzene rings is 2. The predicted octanol–water partition coefficient (Wildman–Crippen LogP) is 2.41. The summed E-state index contributed by atoms with van der Waals surface area (Å²) in [6.07, 6.45) is 0. The molecule has 84 valence electrons. The Kier molecular flexibility index (Phi) is 2.26. The second kappa shape index (κ2) is 3.78. The van der Waals surface area contributed by atoms with Crippen LogP contribution in [0.1, 0.15) is 0 Å². The fourth-order valence-electron chi connectivity index (χ4n) is 1.64. The van der Waals surface area contributed by atoms with E-state index in [0.717, 1.165) is 15.9 Å². The summed E-state index contributed by atoms with van der Waals surface area (Å²) < 4.78 is 0. The van der Waals surface area contributed by atoms with Crippen molar-refractivity contribution in [2.24, 2.45) is 0 Å². The maximum Gasteiger partial charge on any atom is 0.143 e. The Morgan fingerprint density at radius 1 is 1.00 bits per heavy atom. The number of nitrogens with zero attached hydrogens (tertiary/aromatic N) is 3. The number of rotatable bonds is 1. The predicted molar refractivity (Wildman–Crippen MR) is 67.8 cm³/mol. The van der Waals surface area contributed by atoms with Crippen LogP contribution in [0.3, 0.4) is 0 Å². The minimum absolute atomic E-state index is 0.128. The van der Waals surface area contributed by atoms with Crippen LogP contribution in [0.5, 0.6) is 5.75 Å². The number of hydrogen-bond donors (Lipinski definition) is 2. The highest BCUT2D eigenvalue weighted by molar-refractivity contribution is 7.80. The summed E-state index contributed by atoms with van der Waals surface area (Å²) in [6, 6.07) is 12.6. The molecule has 0 amide bonds. The van der Waals surface area contributed by atoms with Gasteiger partial charge in [-0.1, -0.05) is 12.1 Å². The number of phenols is 1. The molecule has 0 spiro atoms. The van der Waals surface area contributed by atoms with Gasteiger partial charge in [0, 0.05) is 4.90 Å². The van der Waals surface area contributed by atoms with Gasteiger partial charge in [-0.15, -0.1) is 27.6 Å². The van der Waals surface area contributed by atoms with Crippen molar-refractivity contribution in [3.63, 3.8) is 0 Å². The molecule has 3 rings (SSSR count). The standard InChI is InChI=1S/C12H9N3OS/c16-12-6-5-8(17)7-11(12)15-13-9-3-1-2-4-10(9)14-15/h1-7,16-17H. The molecule has 0 unspecified atom stereocenters. The molecule has 1 heterocycles. The van der Waals surface area contributed by atoms with Gasteiger partial charge in [-0.2, -0.15) is 0 Å². The van der Waals surface area contributed by atoms with E-state index in [-0.39, 0.29) is 5.75 Å². The highest BCUT2D eigenvalue weighted by atomic mass is 32.1. The fraction of sp³-hybridized carbons (Fsp3) is 0. The molecule has 1 N–H and O–H groups in total. The summed E-state index contributed by atoms with van der Waals surface area (Å²) in [5.74, 6) is 0.128. The SMILES string of the molecule is Oc1ccc(S)cc1-n1nc2ccccc2n1. The third kappa shape index (κ3) is 1.74. The minimum Gasteiger partial charge on any atom is -0.506 e. The molecule has 2 aromatic carbocycles. The average molecular weight is 243 g/mol. The van der Waals surface area contributed by atoms with Crippen molar-refractivity contribution in [1.82, 2.24) is 15.0 Å². The first-order valence-electron chi connectivity index (χ1n) is 5.08. The minimum atomic E-state index is 0.128. The number of fused-ring (bicyclic) bond motifs is 1. The Balaban J connectivity index is 2.23. The largest absolute Gasteiger partial charge is 0.506 e. The van der Waals surface area contributed by atoms with Gasteiger partial charge in [0.15, 0.2) is 0 Å². The number of thiol groups is 1. The average Bonchev–Trinajstić information content (AvgIpc) is 2.75. The highest BCUT2D eigenvalue weighted by Crippen LogP contribution is 2.24. The van der Waals surface area contributed by atoms with Crippen molar-refractivity contribution in [2.45, 2.75) is 4.90 Å². The summed E-state index contributed by atoms with van der Waals surface area (Å²) >= 11 is 4.23. The quantitative estimate of drug-likeness (QED) is 0.645. The van der Waals surface area contributed by atoms with Crippen LogP contribution in [-0.2, 0) is 0 Å². The Hall–Kier alpha value is -2.01. The Morgan fingerprint density at radius 3 is 2.29 bits per heavy atom. The van der Waals surface area contributed by atoms with Crippen LogP contribution in [0.25, 0.3) is 16.7 Å². The molecular formula is C12H9N3OS. The van der Waals surface area contributed by atoms with E-state index >= 15 is 0 Å². The lowest BCUT2D eigenvalue weighted by Crippen LogP contribution is -1.98. The molecule has 0 atom stereocenters. The zero-order valence-electron chi connectivity index (χ0n) is 8.78. The smallest absolute Gasteiger partial charge is 0.143 e. The molecule has 0 aliphatic carbocycles. The van der Waals surface area contributed by atoms with E-state index in [4.69, 9.17) is 0 Å². The first-order valence-corrected chi connectivity index (χ1v) is 5.53. The van der Waals surface area contributed by atoms with Crippen molar-refractivity contribution in [3.05, 3.63) is 42.5 Å². The number of hydrogen-bond acceptors (Lipinski definition) is 4. The van der Waals surface area contributed by atoms with Gasteiger partial charge in [-0.25, -0.2) is 0 Å². The number of aromatic nitrogens is 3. The van der Waals surface area contributed by atoms with Gasteiger partial charge < -0.3 is 5.11 Å². The summed E-state index contributed by atoms with van der Waals surface area (Å²) in [4.78, 5) is 2.17. The van der Waals surface area contributed by atoms with Crippen LogP contribution in [0, 0.1) is 0 Å². The van der Waals surface area contributed by atoms with Crippen LogP contribution < -0.4 is 0 Å². The summed E-state index contributed by atoms with van der Waals surface area (Å²) in [7, 11) is 0. The van der Waals surface area contributed by atoms with Crippen molar-refractivity contribution < 1.29 is 5.11 Å². The van der Waals surface area contributed by atoms with E-state index in [0.29, 0.717) is 5.69 Å². The zero-order chi connectivity index (χ0) is 11.8. The number of aromatic hydroxyl groups is 1. The van der Waals surface area contributed by atoms with Gasteiger partial charge in [0.2, 0.25) is 0 Å². The van der Waals surface area contributed by atoms with Crippen molar-refractivity contribution in [2.75, 3.05) is 0 Å². The van der Waals surface area contributed by atoms with Gasteiger partial charge in [0.25, 0.3) is 0 Å². The Bertz CT molecular complexity index is 660. The van der Waals surface area contributed by atoms with Crippen molar-refractivity contribution in [1.29, 1.82) is 0 Å². The lowest BCUT2D eigenvalue weighted by Gasteiger charge is -2.02. The van der Waals surface area contributed by atoms with Gasteiger partial charge in [0.05, 0.1) is 0 Å². The lowest BCUT2D eigenvalue weighted by molar-refractivity contribution is 0.467. The van der Waals surface area contributed by atoms with Gasteiger partial charge >= 0.3 is 0 Å². The van der Waals surface area contributed by atoms with Gasteiger partial charge in [-0.3, -0.25) is 0 Å². The summed E-state index contributed by atoms with van der Waals surface area (Å²) in [6.45, 7) is 0. The lowest BCUT2D eigenvalue weighted by atomic mass is 10.3. The molecule has 4 nitrogen and oxygen atoms in total. The topological polar surface area (TPSA) is 50.9 Å². The third-order valence-corrected chi connectivity index (χ3v) is 2.74. The monoisotopic (exact) mass is 243 g/mol. The van der Waals surface area contributed by atoms with Crippen molar-refractivity contribution >= 4 is 23.7 Å². The van der Waals surface area contributed by atoms with E-state index in [1.54, 1.807) is 18.2 Å². The van der Waals surface area contributed by atoms with E-state index in [9.17, 15) is 5.11 Å². The second-order valence-corrected chi connectivity index (χ2v) is 4.17. The molecule has 5 heteroatoms. The summed E-state index contributed by atoms with van der Waals surface area (Å²) in [5, 5.41) is 18.4. The van der Waals surface area contributed by atoms with Crippen LogP contribution in [0.2, 0.25) is 0 Å². The molecule has 0 saturated carbocycles. The third-order valence-electron chi connectivity index (χ3n) is 2.46. The Morgan fingerprint density at radius 2 is 1.65 bits per heavy atom. The van der Waals surface area contributed by atoms with Gasteiger partial charge in [0.1, 0.15) is 22.5 Å². The second-order valence-electron chi connectivity index (χ2n) is 3.65. The Labute approximate surface area is 103 Å². The van der Waals surface area contributed by atoms with Crippen LogP contribution in [0.15, 0.2) is 47.4 Å². The van der Waals surface area contributed by atoms with E-state index < -0.39 is 0 Å². The molecule has 0 aliphatic heterocycles. The van der Waals surface area contributed by atoms with E-state index in [1.165, 1.54) is 4.80 Å². The normalized spacial score (nSPS) is 10.9. The molecule has 0 saturated heterocycles. The highest BCUT2D eigenvalue weighted by Gasteiger charge is 2.08. The first-order chi connectivity index (χ1) is 8.24. The maximum atomic E-state index is 9.78. The fourth-order valence-corrected chi connectivity index (χ4v) is 1.84. The molecule has 3 aromatic rings. The molecule has 1 aromatic heterocycles. The zero-order valence-corrected chi connectivity index (χ0v) is 9.67. The van der Waals surface area contributed by atoms with Crippen LogP contribution >= 0.6 is 12.6 Å². The van der Waals surface area contributed by atoms with Gasteiger partial charge in [-0.05, 0) is 30.3 Å².